The van der Waals surface area contributed by atoms with E-state index in [1.54, 1.807) is 42.3 Å². The van der Waals surface area contributed by atoms with Crippen LogP contribution in [0.1, 0.15) is 29.5 Å². The Kier molecular flexibility index (Phi) is 7.04. The molecule has 0 aromatic heterocycles. The minimum Gasteiger partial charge on any atom is -0.384 e. The number of nitrogens with zero attached hydrogens (tertiary/aromatic N) is 3. The Balaban J connectivity index is 1.49. The second-order valence-corrected chi connectivity index (χ2v) is 9.38. The first-order chi connectivity index (χ1) is 16.7. The smallest absolute Gasteiger partial charge is 0.384 e. The molecule has 2 heterocycles. The molecule has 2 aromatic rings. The van der Waals surface area contributed by atoms with Gasteiger partial charge < -0.3 is 14.5 Å². The SMILES string of the molecule is COCC1CN(c2ccc(C#N)c(C(F)(F)F)c2)CC12CCN(C(=O)Cc1ccccc1F)CC2. The van der Waals surface area contributed by atoms with Crippen molar-refractivity contribution < 1.29 is 27.1 Å². The quantitative estimate of drug-likeness (QED) is 0.574. The summed E-state index contributed by atoms with van der Waals surface area (Å²) in [6.45, 7) is 2.53. The molecule has 1 spiro atoms. The number of hydrogen-bond donors (Lipinski definition) is 0. The zero-order valence-corrected chi connectivity index (χ0v) is 19.4. The van der Waals surface area contributed by atoms with Crippen molar-refractivity contribution in [3.63, 3.8) is 0 Å². The summed E-state index contributed by atoms with van der Waals surface area (Å²) in [5, 5.41) is 9.09. The number of piperidine rings is 1. The number of likely N-dealkylation sites (tertiary alicyclic amines) is 1. The lowest BCUT2D eigenvalue weighted by molar-refractivity contribution is -0.137. The molecule has 1 unspecified atom stereocenters. The van der Waals surface area contributed by atoms with Crippen LogP contribution in [0.25, 0.3) is 0 Å². The first kappa shape index (κ1) is 25.0. The van der Waals surface area contributed by atoms with E-state index in [0.29, 0.717) is 56.9 Å². The number of amides is 1. The van der Waals surface area contributed by atoms with Crippen molar-refractivity contribution in [3.05, 3.63) is 65.0 Å². The Hall–Kier alpha value is -3.12. The second-order valence-electron chi connectivity index (χ2n) is 9.38. The number of benzene rings is 2. The number of ether oxygens (including phenoxy) is 1. The molecule has 2 saturated heterocycles. The van der Waals surface area contributed by atoms with Crippen molar-refractivity contribution >= 4 is 11.6 Å². The Morgan fingerprint density at radius 3 is 2.54 bits per heavy atom. The third-order valence-electron chi connectivity index (χ3n) is 7.39. The number of methoxy groups -OCH3 is 1. The van der Waals surface area contributed by atoms with Crippen LogP contribution in [0.15, 0.2) is 42.5 Å². The molecule has 2 aromatic carbocycles. The summed E-state index contributed by atoms with van der Waals surface area (Å²) in [7, 11) is 1.60. The fourth-order valence-electron chi connectivity index (χ4n) is 5.41. The van der Waals surface area contributed by atoms with E-state index in [0.717, 1.165) is 6.07 Å². The van der Waals surface area contributed by atoms with Crippen LogP contribution in [0, 0.1) is 28.5 Å². The molecule has 2 aliphatic heterocycles. The summed E-state index contributed by atoms with van der Waals surface area (Å²) in [4.78, 5) is 16.5. The summed E-state index contributed by atoms with van der Waals surface area (Å²) < 4.78 is 59.9. The van der Waals surface area contributed by atoms with Gasteiger partial charge in [-0.1, -0.05) is 18.2 Å². The predicted octanol–water partition coefficient (Wildman–Crippen LogP) is 4.65. The lowest BCUT2D eigenvalue weighted by Gasteiger charge is -2.42. The highest BCUT2D eigenvalue weighted by Crippen LogP contribution is 2.47. The number of halogens is 4. The third kappa shape index (κ3) is 5.13. The van der Waals surface area contributed by atoms with Crippen molar-refractivity contribution in [3.8, 4) is 6.07 Å². The Bertz CT molecular complexity index is 1120. The molecule has 1 atom stereocenters. The van der Waals surface area contributed by atoms with Gasteiger partial charge in [-0.15, -0.1) is 0 Å². The molecule has 0 saturated carbocycles. The van der Waals surface area contributed by atoms with E-state index in [4.69, 9.17) is 10.00 Å². The van der Waals surface area contributed by atoms with Gasteiger partial charge in [0.1, 0.15) is 5.82 Å². The molecule has 186 valence electrons. The highest BCUT2D eigenvalue weighted by atomic mass is 19.4. The van der Waals surface area contributed by atoms with Gasteiger partial charge in [-0.3, -0.25) is 4.79 Å². The van der Waals surface area contributed by atoms with Crippen LogP contribution in [0.3, 0.4) is 0 Å². The Labute approximate surface area is 201 Å². The highest BCUT2D eigenvalue weighted by Gasteiger charge is 2.48. The van der Waals surface area contributed by atoms with Gasteiger partial charge in [0.05, 0.1) is 30.2 Å². The number of carbonyl (C=O) groups is 1. The first-order valence-corrected chi connectivity index (χ1v) is 11.5. The van der Waals surface area contributed by atoms with Gasteiger partial charge in [0.25, 0.3) is 0 Å². The summed E-state index contributed by atoms with van der Waals surface area (Å²) in [5.74, 6) is -0.451. The van der Waals surface area contributed by atoms with Crippen molar-refractivity contribution in [1.29, 1.82) is 5.26 Å². The van der Waals surface area contributed by atoms with E-state index in [1.807, 2.05) is 4.90 Å². The summed E-state index contributed by atoms with van der Waals surface area (Å²) in [6.07, 6.45) is -3.25. The van der Waals surface area contributed by atoms with Gasteiger partial charge >= 0.3 is 6.18 Å². The summed E-state index contributed by atoms with van der Waals surface area (Å²) in [6, 6.07) is 11.7. The molecule has 2 fully saturated rings. The number of rotatable bonds is 5. The van der Waals surface area contributed by atoms with Crippen LogP contribution in [0.2, 0.25) is 0 Å². The maximum atomic E-state index is 14.0. The van der Waals surface area contributed by atoms with Gasteiger partial charge in [-0.05, 0) is 48.1 Å². The average Bonchev–Trinajstić information content (AvgIpc) is 3.17. The lowest BCUT2D eigenvalue weighted by atomic mass is 9.71. The third-order valence-corrected chi connectivity index (χ3v) is 7.39. The minimum absolute atomic E-state index is 0.00123. The largest absolute Gasteiger partial charge is 0.417 e. The van der Waals surface area contributed by atoms with Crippen molar-refractivity contribution in [1.82, 2.24) is 4.90 Å². The molecule has 9 heteroatoms. The molecule has 2 aliphatic rings. The zero-order chi connectivity index (χ0) is 25.2. The molecule has 5 nitrogen and oxygen atoms in total. The summed E-state index contributed by atoms with van der Waals surface area (Å²) >= 11 is 0. The number of hydrogen-bond acceptors (Lipinski definition) is 4. The van der Waals surface area contributed by atoms with E-state index in [-0.39, 0.29) is 23.7 Å². The van der Waals surface area contributed by atoms with Crippen LogP contribution in [-0.2, 0) is 22.1 Å². The van der Waals surface area contributed by atoms with Gasteiger partial charge in [-0.25, -0.2) is 4.39 Å². The minimum atomic E-state index is -4.62. The number of anilines is 1. The first-order valence-electron chi connectivity index (χ1n) is 11.5. The molecular formula is C26H27F4N3O2. The molecule has 1 amide bonds. The van der Waals surface area contributed by atoms with Crippen molar-refractivity contribution in [2.75, 3.05) is 44.8 Å². The fourth-order valence-corrected chi connectivity index (χ4v) is 5.41. The molecule has 35 heavy (non-hydrogen) atoms. The fraction of sp³-hybridized carbons (Fsp3) is 0.462. The number of nitriles is 1. The van der Waals surface area contributed by atoms with E-state index >= 15 is 0 Å². The molecule has 4 rings (SSSR count). The van der Waals surface area contributed by atoms with Gasteiger partial charge in [0.2, 0.25) is 5.91 Å². The van der Waals surface area contributed by atoms with Crippen LogP contribution < -0.4 is 4.90 Å². The van der Waals surface area contributed by atoms with Crippen LogP contribution in [0.5, 0.6) is 0 Å². The van der Waals surface area contributed by atoms with Crippen LogP contribution in [0.4, 0.5) is 23.2 Å². The van der Waals surface area contributed by atoms with Crippen LogP contribution >= 0.6 is 0 Å². The topological polar surface area (TPSA) is 56.6 Å². The van der Waals surface area contributed by atoms with Crippen LogP contribution in [-0.4, -0.2) is 50.7 Å². The number of carbonyl (C=O) groups excluding carboxylic acids is 1. The molecule has 0 bridgehead atoms. The zero-order valence-electron chi connectivity index (χ0n) is 19.4. The maximum Gasteiger partial charge on any atom is 0.417 e. The Morgan fingerprint density at radius 1 is 1.20 bits per heavy atom. The van der Waals surface area contributed by atoms with E-state index in [2.05, 4.69) is 0 Å². The van der Waals surface area contributed by atoms with E-state index in [9.17, 15) is 22.4 Å². The number of alkyl halides is 3. The molecule has 0 radical (unpaired) electrons. The van der Waals surface area contributed by atoms with Gasteiger partial charge in [0.15, 0.2) is 0 Å². The molecule has 0 N–H and O–H groups in total. The Morgan fingerprint density at radius 2 is 1.91 bits per heavy atom. The van der Waals surface area contributed by atoms with E-state index in [1.165, 1.54) is 12.1 Å². The van der Waals surface area contributed by atoms with Gasteiger partial charge in [-0.2, -0.15) is 18.4 Å². The highest BCUT2D eigenvalue weighted by molar-refractivity contribution is 5.79. The normalized spacial score (nSPS) is 19.7. The monoisotopic (exact) mass is 489 g/mol. The van der Waals surface area contributed by atoms with Crippen molar-refractivity contribution in [2.24, 2.45) is 11.3 Å². The average molecular weight is 490 g/mol. The predicted molar refractivity (Wildman–Crippen MR) is 122 cm³/mol. The standard InChI is InChI=1S/C26H27F4N3O2/c1-35-16-20-15-33(21-7-6-19(14-31)22(13-21)26(28,29)30)17-25(20)8-10-32(11-9-25)24(34)12-18-4-2-3-5-23(18)27/h2-7,13,20H,8-12,15-17H2,1H3. The van der Waals surface area contributed by atoms with Gasteiger partial charge in [0, 0.05) is 44.9 Å². The van der Waals surface area contributed by atoms with E-state index < -0.39 is 23.1 Å². The molecule has 0 aliphatic carbocycles. The maximum absolute atomic E-state index is 14.0. The second kappa shape index (κ2) is 9.86. The van der Waals surface area contributed by atoms with Crippen molar-refractivity contribution in [2.45, 2.75) is 25.4 Å². The molecular weight excluding hydrogens is 462 g/mol. The lowest BCUT2D eigenvalue weighted by Crippen LogP contribution is -2.47. The summed E-state index contributed by atoms with van der Waals surface area (Å²) in [5.41, 5.74) is -0.756.